The molecule has 0 aliphatic heterocycles. The number of fused-ring (bicyclic) bond motifs is 1. The molecule has 0 aromatic heterocycles. The van der Waals surface area contributed by atoms with Crippen molar-refractivity contribution in [2.75, 3.05) is 0 Å². The normalized spacial score (nSPS) is 26.1. The summed E-state index contributed by atoms with van der Waals surface area (Å²) in [6.07, 6.45) is 14.2. The third kappa shape index (κ3) is 6.32. The van der Waals surface area contributed by atoms with Crippen LogP contribution in [0.15, 0.2) is 23.3 Å². The summed E-state index contributed by atoms with van der Waals surface area (Å²) in [7, 11) is 0. The van der Waals surface area contributed by atoms with Gasteiger partial charge in [0.25, 0.3) is 0 Å². The van der Waals surface area contributed by atoms with Crippen LogP contribution >= 0.6 is 0 Å². The average Bonchev–Trinajstić information content (AvgIpc) is 3.06. The Kier molecular flexibility index (Phi) is 8.98. The second kappa shape index (κ2) is 11.0. The fourth-order valence-electron chi connectivity index (χ4n) is 5.00. The molecule has 3 nitrogen and oxygen atoms in total. The zero-order chi connectivity index (χ0) is 20.7. The number of carbonyl (C=O) groups is 2. The first-order valence-corrected chi connectivity index (χ1v) is 11.5. The van der Waals surface area contributed by atoms with Crippen molar-refractivity contribution in [2.45, 2.75) is 98.5 Å². The molecule has 0 fully saturated rings. The van der Waals surface area contributed by atoms with Crippen molar-refractivity contribution in [1.29, 1.82) is 0 Å². The molecule has 0 amide bonds. The lowest BCUT2D eigenvalue weighted by Gasteiger charge is -2.30. The molecule has 2 aliphatic rings. The van der Waals surface area contributed by atoms with Crippen molar-refractivity contribution >= 4 is 11.8 Å². The zero-order valence-corrected chi connectivity index (χ0v) is 18.6. The fraction of sp³-hybridized carbons (Fsp3) is 0.760. The SMILES string of the molecule is CCC[C@@H]1C[C@@H]2C=C(C(=O)[C@H](C)CCCC[C@H](CC)OC(C)=O)C[C@@H]2C=C1C. The van der Waals surface area contributed by atoms with Crippen LogP contribution in [-0.2, 0) is 14.3 Å². The predicted octanol–water partition coefficient (Wildman–Crippen LogP) is 6.42. The predicted molar refractivity (Wildman–Crippen MR) is 115 cm³/mol. The molecule has 0 heterocycles. The topological polar surface area (TPSA) is 43.4 Å². The average molecular weight is 389 g/mol. The number of allylic oxidation sites excluding steroid dienone is 4. The highest BCUT2D eigenvalue weighted by Gasteiger charge is 2.35. The molecule has 28 heavy (non-hydrogen) atoms. The highest BCUT2D eigenvalue weighted by Crippen LogP contribution is 2.44. The highest BCUT2D eigenvalue weighted by molar-refractivity contribution is 5.97. The maximum Gasteiger partial charge on any atom is 0.302 e. The van der Waals surface area contributed by atoms with Crippen molar-refractivity contribution < 1.29 is 14.3 Å². The number of unbranched alkanes of at least 4 members (excludes halogenated alkanes) is 1. The first-order valence-electron chi connectivity index (χ1n) is 11.5. The van der Waals surface area contributed by atoms with E-state index in [1.165, 1.54) is 31.8 Å². The molecule has 0 aromatic carbocycles. The number of carbonyl (C=O) groups excluding carboxylic acids is 2. The molecule has 0 N–H and O–H groups in total. The molecule has 0 saturated heterocycles. The van der Waals surface area contributed by atoms with Gasteiger partial charge in [0.2, 0.25) is 0 Å². The molecule has 158 valence electrons. The van der Waals surface area contributed by atoms with E-state index in [2.05, 4.69) is 32.9 Å². The standard InChI is InChI=1S/C25H40O3/c1-6-10-20-14-22-16-23(15-21(22)13-18(20)4)25(27)17(3)11-8-9-12-24(7-2)28-19(5)26/h13,16-17,20-22,24H,6-12,14-15H2,1-5H3/t17-,20-,21+,22-,24+/m1/s1. The van der Waals surface area contributed by atoms with Crippen LogP contribution < -0.4 is 0 Å². The van der Waals surface area contributed by atoms with Gasteiger partial charge in [0, 0.05) is 12.8 Å². The summed E-state index contributed by atoms with van der Waals surface area (Å²) in [5.74, 6) is 2.08. The highest BCUT2D eigenvalue weighted by atomic mass is 16.5. The van der Waals surface area contributed by atoms with Gasteiger partial charge in [-0.2, -0.15) is 0 Å². The maximum absolute atomic E-state index is 12.9. The van der Waals surface area contributed by atoms with E-state index in [0.29, 0.717) is 23.5 Å². The largest absolute Gasteiger partial charge is 0.463 e. The minimum atomic E-state index is -0.199. The second-order valence-corrected chi connectivity index (χ2v) is 9.05. The summed E-state index contributed by atoms with van der Waals surface area (Å²) < 4.78 is 5.30. The third-order valence-electron chi connectivity index (χ3n) is 6.70. The summed E-state index contributed by atoms with van der Waals surface area (Å²) >= 11 is 0. The molecule has 0 spiro atoms. The monoisotopic (exact) mass is 388 g/mol. The van der Waals surface area contributed by atoms with Crippen molar-refractivity contribution in [2.24, 2.45) is 23.7 Å². The first kappa shape index (κ1) is 22.9. The Morgan fingerprint density at radius 3 is 2.50 bits per heavy atom. The van der Waals surface area contributed by atoms with E-state index in [-0.39, 0.29) is 18.0 Å². The molecular formula is C25H40O3. The van der Waals surface area contributed by atoms with Crippen LogP contribution in [0.3, 0.4) is 0 Å². The van der Waals surface area contributed by atoms with Crippen molar-refractivity contribution in [3.8, 4) is 0 Å². The zero-order valence-electron chi connectivity index (χ0n) is 18.6. The van der Waals surface area contributed by atoms with Crippen LogP contribution in [0.2, 0.25) is 0 Å². The minimum Gasteiger partial charge on any atom is -0.463 e. The van der Waals surface area contributed by atoms with Crippen molar-refractivity contribution in [3.63, 3.8) is 0 Å². The van der Waals surface area contributed by atoms with Gasteiger partial charge in [-0.1, -0.05) is 51.3 Å². The summed E-state index contributed by atoms with van der Waals surface area (Å²) in [4.78, 5) is 24.0. The Morgan fingerprint density at radius 2 is 1.86 bits per heavy atom. The Labute approximate surface area is 172 Å². The molecule has 2 rings (SSSR count). The van der Waals surface area contributed by atoms with Gasteiger partial charge in [0.15, 0.2) is 5.78 Å². The summed E-state index contributed by atoms with van der Waals surface area (Å²) in [5.41, 5.74) is 2.62. The van der Waals surface area contributed by atoms with Gasteiger partial charge < -0.3 is 4.74 Å². The third-order valence-corrected chi connectivity index (χ3v) is 6.70. The molecule has 2 aliphatic carbocycles. The van der Waals surface area contributed by atoms with Gasteiger partial charge in [-0.25, -0.2) is 0 Å². The molecule has 0 radical (unpaired) electrons. The lowest BCUT2D eigenvalue weighted by molar-refractivity contribution is -0.146. The van der Waals surface area contributed by atoms with E-state index < -0.39 is 0 Å². The Hall–Kier alpha value is -1.38. The van der Waals surface area contributed by atoms with E-state index in [9.17, 15) is 9.59 Å². The van der Waals surface area contributed by atoms with E-state index in [1.54, 1.807) is 0 Å². The van der Waals surface area contributed by atoms with Crippen LogP contribution in [-0.4, -0.2) is 17.9 Å². The van der Waals surface area contributed by atoms with E-state index >= 15 is 0 Å². The van der Waals surface area contributed by atoms with Crippen LogP contribution in [0.4, 0.5) is 0 Å². The van der Waals surface area contributed by atoms with E-state index in [0.717, 1.165) is 44.1 Å². The summed E-state index contributed by atoms with van der Waals surface area (Å²) in [5, 5.41) is 0. The lowest BCUT2D eigenvalue weighted by Crippen LogP contribution is -2.19. The van der Waals surface area contributed by atoms with Crippen LogP contribution in [0.25, 0.3) is 0 Å². The smallest absolute Gasteiger partial charge is 0.302 e. The number of rotatable bonds is 11. The number of ketones is 1. The Balaban J connectivity index is 1.79. The number of Topliss-reactive ketones (excluding diaryl/α,β-unsaturated/α-hetero) is 1. The number of hydrogen-bond acceptors (Lipinski definition) is 3. The first-order chi connectivity index (χ1) is 13.3. The van der Waals surface area contributed by atoms with Gasteiger partial charge >= 0.3 is 5.97 Å². The number of esters is 1. The molecule has 3 heteroatoms. The molecule has 0 saturated carbocycles. The van der Waals surface area contributed by atoms with Gasteiger partial charge in [0.1, 0.15) is 6.10 Å². The summed E-state index contributed by atoms with van der Waals surface area (Å²) in [6.45, 7) is 10.1. The van der Waals surface area contributed by atoms with Crippen LogP contribution in [0.5, 0.6) is 0 Å². The Bertz CT molecular complexity index is 601. The second-order valence-electron chi connectivity index (χ2n) is 9.05. The van der Waals surface area contributed by atoms with Gasteiger partial charge in [-0.3, -0.25) is 9.59 Å². The van der Waals surface area contributed by atoms with Crippen molar-refractivity contribution in [1.82, 2.24) is 0 Å². The number of ether oxygens (including phenoxy) is 1. The van der Waals surface area contributed by atoms with E-state index in [4.69, 9.17) is 4.74 Å². The molecular weight excluding hydrogens is 348 g/mol. The maximum atomic E-state index is 12.9. The van der Waals surface area contributed by atoms with Gasteiger partial charge in [-0.05, 0) is 75.2 Å². The molecule has 0 unspecified atom stereocenters. The van der Waals surface area contributed by atoms with Crippen LogP contribution in [0.1, 0.15) is 92.4 Å². The van der Waals surface area contributed by atoms with Gasteiger partial charge in [-0.15, -0.1) is 0 Å². The Morgan fingerprint density at radius 1 is 1.14 bits per heavy atom. The van der Waals surface area contributed by atoms with Gasteiger partial charge in [0.05, 0.1) is 0 Å². The van der Waals surface area contributed by atoms with Crippen molar-refractivity contribution in [3.05, 3.63) is 23.3 Å². The molecule has 0 aromatic rings. The molecule has 5 atom stereocenters. The quantitative estimate of drug-likeness (QED) is 0.233. The lowest BCUT2D eigenvalue weighted by atomic mass is 9.75. The minimum absolute atomic E-state index is 0.0234. The fourth-order valence-corrected chi connectivity index (χ4v) is 5.00. The molecule has 0 bridgehead atoms. The van der Waals surface area contributed by atoms with E-state index in [1.807, 2.05) is 6.92 Å². The van der Waals surface area contributed by atoms with Crippen LogP contribution in [0, 0.1) is 23.7 Å². The summed E-state index contributed by atoms with van der Waals surface area (Å²) in [6, 6.07) is 0. The number of hydrogen-bond donors (Lipinski definition) is 0.